The molecule has 0 atom stereocenters. The third-order valence-corrected chi connectivity index (χ3v) is 6.58. The number of rotatable bonds is 9. The van der Waals surface area contributed by atoms with Crippen molar-refractivity contribution in [2.45, 2.75) is 37.0 Å². The molecule has 0 unspecified atom stereocenters. The highest BCUT2D eigenvalue weighted by molar-refractivity contribution is 7.89. The number of pyridine rings is 1. The number of nitrogens with one attached hydrogen (secondary N) is 1. The number of anilines is 1. The zero-order valence-electron chi connectivity index (χ0n) is 15.8. The van der Waals surface area contributed by atoms with Gasteiger partial charge in [0, 0.05) is 25.8 Å². The van der Waals surface area contributed by atoms with Gasteiger partial charge in [-0.15, -0.1) is 0 Å². The Kier molecular flexibility index (Phi) is 7.22. The van der Waals surface area contributed by atoms with Gasteiger partial charge in [0.05, 0.1) is 6.61 Å². The molecule has 0 bridgehead atoms. The first-order valence-electron chi connectivity index (χ1n) is 9.65. The summed E-state index contributed by atoms with van der Waals surface area (Å²) in [5, 5.41) is 3.14. The first-order chi connectivity index (χ1) is 13.6. The highest BCUT2D eigenvalue weighted by atomic mass is 32.2. The van der Waals surface area contributed by atoms with Crippen LogP contribution in [0.2, 0.25) is 0 Å². The molecule has 2 heterocycles. The molecule has 6 nitrogen and oxygen atoms in total. The smallest absolute Gasteiger partial charge is 0.246 e. The summed E-state index contributed by atoms with van der Waals surface area (Å²) in [6, 6.07) is 9.18. The van der Waals surface area contributed by atoms with Crippen LogP contribution in [-0.4, -0.2) is 43.9 Å². The van der Waals surface area contributed by atoms with Crippen molar-refractivity contribution < 1.29 is 17.5 Å². The monoisotopic (exact) mass is 407 g/mol. The van der Waals surface area contributed by atoms with E-state index in [4.69, 9.17) is 4.74 Å². The van der Waals surface area contributed by atoms with Gasteiger partial charge in [-0.2, -0.15) is 4.31 Å². The Morgan fingerprint density at radius 2 is 1.82 bits per heavy atom. The van der Waals surface area contributed by atoms with Crippen molar-refractivity contribution in [1.29, 1.82) is 0 Å². The van der Waals surface area contributed by atoms with Crippen molar-refractivity contribution >= 4 is 15.8 Å². The van der Waals surface area contributed by atoms with Gasteiger partial charge >= 0.3 is 0 Å². The summed E-state index contributed by atoms with van der Waals surface area (Å²) >= 11 is 0. The molecule has 8 heteroatoms. The predicted octanol–water partition coefficient (Wildman–Crippen LogP) is 3.67. The molecule has 0 amide bonds. The molecular formula is C20H26FN3O3S. The summed E-state index contributed by atoms with van der Waals surface area (Å²) < 4.78 is 45.8. The van der Waals surface area contributed by atoms with E-state index in [1.54, 1.807) is 34.8 Å². The predicted molar refractivity (Wildman–Crippen MR) is 106 cm³/mol. The summed E-state index contributed by atoms with van der Waals surface area (Å²) in [7, 11) is -3.53. The topological polar surface area (TPSA) is 71.5 Å². The van der Waals surface area contributed by atoms with Crippen molar-refractivity contribution in [2.75, 3.05) is 31.6 Å². The van der Waals surface area contributed by atoms with Gasteiger partial charge < -0.3 is 10.1 Å². The Morgan fingerprint density at radius 1 is 1.07 bits per heavy atom. The Bertz CT molecular complexity index is 853. The maximum atomic E-state index is 12.9. The second-order valence-electron chi connectivity index (χ2n) is 6.75. The molecule has 0 saturated carbocycles. The van der Waals surface area contributed by atoms with Crippen LogP contribution in [0.3, 0.4) is 0 Å². The molecule has 0 spiro atoms. The average molecular weight is 408 g/mol. The van der Waals surface area contributed by atoms with Gasteiger partial charge in [-0.1, -0.05) is 6.42 Å². The lowest BCUT2D eigenvalue weighted by Gasteiger charge is -2.26. The van der Waals surface area contributed by atoms with E-state index in [1.807, 2.05) is 0 Å². The van der Waals surface area contributed by atoms with Crippen LogP contribution in [0.1, 0.15) is 32.1 Å². The average Bonchev–Trinajstić information content (AvgIpc) is 2.73. The van der Waals surface area contributed by atoms with Gasteiger partial charge in [-0.3, -0.25) is 0 Å². The summed E-state index contributed by atoms with van der Waals surface area (Å²) in [5.41, 5.74) is 0. The normalized spacial score (nSPS) is 15.3. The van der Waals surface area contributed by atoms with Gasteiger partial charge in [0.2, 0.25) is 10.0 Å². The third kappa shape index (κ3) is 5.42. The van der Waals surface area contributed by atoms with Crippen LogP contribution in [0.5, 0.6) is 5.75 Å². The summed E-state index contributed by atoms with van der Waals surface area (Å²) in [5.74, 6) is 0.740. The standard InChI is InChI=1S/C20H26FN3O3S/c21-17-8-10-18(11-9-17)27-16-5-2-12-22-20-19(7-6-13-23-20)28(25,26)24-14-3-1-4-15-24/h6-11,13H,1-5,12,14-16H2,(H,22,23). The highest BCUT2D eigenvalue weighted by Gasteiger charge is 2.28. The SMILES string of the molecule is O=S(=O)(c1cccnc1NCCCCOc1ccc(F)cc1)N1CCCCC1. The molecule has 1 aliphatic rings. The molecule has 1 aliphatic heterocycles. The third-order valence-electron chi connectivity index (χ3n) is 4.65. The lowest BCUT2D eigenvalue weighted by molar-refractivity contribution is 0.308. The molecule has 1 aromatic heterocycles. The fourth-order valence-corrected chi connectivity index (χ4v) is 4.77. The molecular weight excluding hydrogens is 381 g/mol. The van der Waals surface area contributed by atoms with Gasteiger partial charge in [0.1, 0.15) is 22.3 Å². The number of nitrogens with zero attached hydrogens (tertiary/aromatic N) is 2. The zero-order valence-corrected chi connectivity index (χ0v) is 16.6. The second kappa shape index (κ2) is 9.84. The molecule has 1 N–H and O–H groups in total. The Labute approximate surface area is 165 Å². The number of hydrogen-bond donors (Lipinski definition) is 1. The Balaban J connectivity index is 1.49. The number of benzene rings is 1. The van der Waals surface area contributed by atoms with E-state index in [0.29, 0.717) is 37.8 Å². The molecule has 2 aromatic rings. The molecule has 0 radical (unpaired) electrons. The quantitative estimate of drug-likeness (QED) is 0.642. The van der Waals surface area contributed by atoms with Crippen LogP contribution < -0.4 is 10.1 Å². The Morgan fingerprint density at radius 3 is 2.57 bits per heavy atom. The number of piperidine rings is 1. The fourth-order valence-electron chi connectivity index (χ4n) is 3.13. The molecule has 0 aliphatic carbocycles. The number of halogens is 1. The number of ether oxygens (including phenoxy) is 1. The van der Waals surface area contributed by atoms with Crippen molar-refractivity contribution in [1.82, 2.24) is 9.29 Å². The molecule has 1 saturated heterocycles. The molecule has 152 valence electrons. The van der Waals surface area contributed by atoms with E-state index in [9.17, 15) is 12.8 Å². The van der Waals surface area contributed by atoms with Crippen molar-refractivity contribution in [2.24, 2.45) is 0 Å². The van der Waals surface area contributed by atoms with E-state index >= 15 is 0 Å². The van der Waals surface area contributed by atoms with E-state index in [0.717, 1.165) is 32.1 Å². The minimum atomic E-state index is -3.53. The Hall–Kier alpha value is -2.19. The van der Waals surface area contributed by atoms with Gasteiger partial charge in [-0.05, 0) is 62.1 Å². The molecule has 3 rings (SSSR count). The maximum absolute atomic E-state index is 12.9. The second-order valence-corrected chi connectivity index (χ2v) is 8.66. The largest absolute Gasteiger partial charge is 0.494 e. The van der Waals surface area contributed by atoms with E-state index < -0.39 is 10.0 Å². The highest BCUT2D eigenvalue weighted by Crippen LogP contribution is 2.25. The number of sulfonamides is 1. The maximum Gasteiger partial charge on any atom is 0.246 e. The van der Waals surface area contributed by atoms with Crippen LogP contribution >= 0.6 is 0 Å². The number of unbranched alkanes of at least 4 members (excludes halogenated alkanes) is 1. The number of aromatic nitrogens is 1. The van der Waals surface area contributed by atoms with Crippen molar-refractivity contribution in [3.8, 4) is 5.75 Å². The lowest BCUT2D eigenvalue weighted by atomic mass is 10.2. The summed E-state index contributed by atoms with van der Waals surface area (Å²) in [6.45, 7) is 2.23. The van der Waals surface area contributed by atoms with E-state index in [2.05, 4.69) is 10.3 Å². The first-order valence-corrected chi connectivity index (χ1v) is 11.1. The minimum absolute atomic E-state index is 0.236. The van der Waals surface area contributed by atoms with Gasteiger partial charge in [0.15, 0.2) is 0 Å². The van der Waals surface area contributed by atoms with Crippen LogP contribution in [-0.2, 0) is 10.0 Å². The minimum Gasteiger partial charge on any atom is -0.494 e. The van der Waals surface area contributed by atoms with Crippen LogP contribution in [0.4, 0.5) is 10.2 Å². The molecule has 28 heavy (non-hydrogen) atoms. The summed E-state index contributed by atoms with van der Waals surface area (Å²) in [6.07, 6.45) is 6.04. The fraction of sp³-hybridized carbons (Fsp3) is 0.450. The van der Waals surface area contributed by atoms with Crippen LogP contribution in [0.25, 0.3) is 0 Å². The molecule has 1 aromatic carbocycles. The van der Waals surface area contributed by atoms with Gasteiger partial charge in [-0.25, -0.2) is 17.8 Å². The van der Waals surface area contributed by atoms with E-state index in [1.165, 1.54) is 12.1 Å². The van der Waals surface area contributed by atoms with Crippen LogP contribution in [0.15, 0.2) is 47.5 Å². The van der Waals surface area contributed by atoms with Crippen LogP contribution in [0, 0.1) is 5.82 Å². The summed E-state index contributed by atoms with van der Waals surface area (Å²) in [4.78, 5) is 4.47. The first kappa shape index (κ1) is 20.5. The van der Waals surface area contributed by atoms with Crippen molar-refractivity contribution in [3.05, 3.63) is 48.4 Å². The van der Waals surface area contributed by atoms with E-state index in [-0.39, 0.29) is 10.7 Å². The lowest BCUT2D eigenvalue weighted by Crippen LogP contribution is -2.36. The van der Waals surface area contributed by atoms with Crippen molar-refractivity contribution in [3.63, 3.8) is 0 Å². The zero-order chi connectivity index (χ0) is 19.8. The number of hydrogen-bond acceptors (Lipinski definition) is 5. The molecule has 1 fully saturated rings. The van der Waals surface area contributed by atoms with Gasteiger partial charge in [0.25, 0.3) is 0 Å².